The Labute approximate surface area is 117 Å². The summed E-state index contributed by atoms with van der Waals surface area (Å²) in [4.78, 5) is 22.3. The summed E-state index contributed by atoms with van der Waals surface area (Å²) in [5.41, 5.74) is 0.511. The smallest absolute Gasteiger partial charge is 0.270 e. The number of nitrogens with zero attached hydrogens (tertiary/aromatic N) is 4. The van der Waals surface area contributed by atoms with Gasteiger partial charge in [-0.3, -0.25) is 20.2 Å². The molecule has 0 radical (unpaired) electrons. The molecule has 9 nitrogen and oxygen atoms in total. The molecule has 2 rings (SSSR count). The molecular weight excluding hydrogens is 284 g/mol. The lowest BCUT2D eigenvalue weighted by Crippen LogP contribution is -2.15. The van der Waals surface area contributed by atoms with Crippen LogP contribution in [0.15, 0.2) is 18.2 Å². The third-order valence-corrected chi connectivity index (χ3v) is 2.86. The number of hydrogen-bond acceptors (Lipinski definition) is 8. The minimum Gasteiger partial charge on any atom is -0.385 e. The van der Waals surface area contributed by atoms with E-state index in [4.69, 9.17) is 0 Å². The van der Waals surface area contributed by atoms with Crippen LogP contribution in [0.4, 0.5) is 16.5 Å². The van der Waals surface area contributed by atoms with E-state index in [2.05, 4.69) is 25.4 Å². The number of hydrogen-bond donors (Lipinski definition) is 2. The molecule has 0 saturated carbocycles. The van der Waals surface area contributed by atoms with Crippen molar-refractivity contribution in [2.24, 2.45) is 0 Å². The number of nitrogens with one attached hydrogen (secondary N) is 2. The van der Waals surface area contributed by atoms with Crippen LogP contribution in [0.25, 0.3) is 0 Å². The number of amides is 1. The van der Waals surface area contributed by atoms with Gasteiger partial charge >= 0.3 is 0 Å². The third-order valence-electron chi connectivity index (χ3n) is 2.35. The normalized spacial score (nSPS) is 10.1. The maximum absolute atomic E-state index is 12.1. The molecule has 0 unspecified atom stereocenters. The van der Waals surface area contributed by atoms with Gasteiger partial charge in [0.25, 0.3) is 11.6 Å². The summed E-state index contributed by atoms with van der Waals surface area (Å²) in [6.07, 6.45) is 0. The second kappa shape index (κ2) is 6.02. The Kier molecular flexibility index (Phi) is 4.15. The van der Waals surface area contributed by atoms with Crippen LogP contribution >= 0.6 is 11.5 Å². The Morgan fingerprint density at radius 1 is 1.50 bits per heavy atom. The zero-order chi connectivity index (χ0) is 14.5. The quantitative estimate of drug-likeness (QED) is 0.633. The topological polar surface area (TPSA) is 123 Å². The summed E-state index contributed by atoms with van der Waals surface area (Å²) in [5.74, 6) is -0.511. The van der Waals surface area contributed by atoms with E-state index in [1.165, 1.54) is 18.2 Å². The van der Waals surface area contributed by atoms with E-state index in [1.54, 1.807) is 0 Å². The molecule has 0 bridgehead atoms. The molecular formula is C10H10N6O3S. The van der Waals surface area contributed by atoms with Crippen LogP contribution in [-0.2, 0) is 0 Å². The van der Waals surface area contributed by atoms with Gasteiger partial charge in [0, 0.05) is 35.9 Å². The van der Waals surface area contributed by atoms with Crippen LogP contribution in [0.3, 0.4) is 0 Å². The highest BCUT2D eigenvalue weighted by Gasteiger charge is 2.17. The van der Waals surface area contributed by atoms with Crippen molar-refractivity contribution in [3.8, 4) is 0 Å². The molecule has 0 spiro atoms. The zero-order valence-electron chi connectivity index (χ0n) is 10.4. The maximum Gasteiger partial charge on any atom is 0.270 e. The van der Waals surface area contributed by atoms with Gasteiger partial charge in [0.2, 0.25) is 5.13 Å². The highest BCUT2D eigenvalue weighted by Crippen LogP contribution is 2.23. The number of non-ortho nitro benzene ring substituents is 1. The molecule has 0 atom stereocenters. The molecule has 0 saturated heterocycles. The Morgan fingerprint density at radius 3 is 2.90 bits per heavy atom. The van der Waals surface area contributed by atoms with Gasteiger partial charge in [-0.05, 0) is 18.2 Å². The number of carbonyl (C=O) groups is 1. The first-order chi connectivity index (χ1) is 9.61. The van der Waals surface area contributed by atoms with Crippen LogP contribution in [0.5, 0.6) is 0 Å². The summed E-state index contributed by atoms with van der Waals surface area (Å²) in [5, 5.41) is 23.4. The van der Waals surface area contributed by atoms with E-state index in [0.717, 1.165) is 11.5 Å². The number of rotatable bonds is 5. The first kappa shape index (κ1) is 13.8. The van der Waals surface area contributed by atoms with Crippen molar-refractivity contribution in [1.29, 1.82) is 0 Å². The van der Waals surface area contributed by atoms with Gasteiger partial charge in [-0.15, -0.1) is 0 Å². The Morgan fingerprint density at radius 2 is 2.30 bits per heavy atom. The molecule has 1 aromatic carbocycles. The first-order valence-electron chi connectivity index (χ1n) is 5.60. The van der Waals surface area contributed by atoms with Crippen LogP contribution in [-0.4, -0.2) is 32.2 Å². The molecule has 2 N–H and O–H groups in total. The summed E-state index contributed by atoms with van der Waals surface area (Å²) in [6.45, 7) is 2.44. The second-order valence-electron chi connectivity index (χ2n) is 3.64. The second-order valence-corrected chi connectivity index (χ2v) is 4.37. The van der Waals surface area contributed by atoms with Crippen molar-refractivity contribution in [3.63, 3.8) is 0 Å². The van der Waals surface area contributed by atoms with Crippen LogP contribution in [0, 0.1) is 10.1 Å². The van der Waals surface area contributed by atoms with Crippen LogP contribution in [0.1, 0.15) is 17.3 Å². The molecule has 0 aliphatic heterocycles. The van der Waals surface area contributed by atoms with Crippen molar-refractivity contribution in [2.75, 3.05) is 17.2 Å². The molecule has 1 amide bonds. The van der Waals surface area contributed by atoms with E-state index in [9.17, 15) is 14.9 Å². The number of nitro benzene ring substituents is 1. The number of anilines is 2. The van der Waals surface area contributed by atoms with Crippen LogP contribution in [0.2, 0.25) is 0 Å². The van der Waals surface area contributed by atoms with E-state index < -0.39 is 10.8 Å². The standard InChI is InChI=1S/C10H10N6O3S/c1-2-11-8-4-3-6(16(18)19)5-7(8)9(17)12-10-13-14-15-20-10/h3-5,11H,2H2,1H3,(H,12,13,15,17). The third kappa shape index (κ3) is 3.03. The highest BCUT2D eigenvalue weighted by atomic mass is 32.1. The van der Waals surface area contributed by atoms with Gasteiger partial charge in [0.1, 0.15) is 0 Å². The fourth-order valence-electron chi connectivity index (χ4n) is 1.52. The minimum atomic E-state index is -0.557. The molecule has 0 aliphatic rings. The molecule has 0 fully saturated rings. The number of carbonyl (C=O) groups excluding carboxylic acids is 1. The Balaban J connectivity index is 2.33. The number of aromatic nitrogens is 3. The SMILES string of the molecule is CCNc1ccc([N+](=O)[O-])cc1C(=O)Nc1nnns1. The van der Waals surface area contributed by atoms with Crippen molar-refractivity contribution in [1.82, 2.24) is 14.8 Å². The largest absolute Gasteiger partial charge is 0.385 e. The Hall–Kier alpha value is -2.62. The van der Waals surface area contributed by atoms with Gasteiger partial charge in [-0.1, -0.05) is 9.59 Å². The average Bonchev–Trinajstić information content (AvgIpc) is 2.92. The summed E-state index contributed by atoms with van der Waals surface area (Å²) < 4.78 is 3.52. The van der Waals surface area contributed by atoms with Crippen molar-refractivity contribution in [3.05, 3.63) is 33.9 Å². The summed E-state index contributed by atoms with van der Waals surface area (Å²) >= 11 is 0.917. The first-order valence-corrected chi connectivity index (χ1v) is 6.38. The van der Waals surface area contributed by atoms with Gasteiger partial charge < -0.3 is 5.32 Å². The predicted molar refractivity (Wildman–Crippen MR) is 72.9 cm³/mol. The lowest BCUT2D eigenvalue weighted by molar-refractivity contribution is -0.384. The minimum absolute atomic E-state index is 0.160. The van der Waals surface area contributed by atoms with Gasteiger partial charge in [-0.2, -0.15) is 0 Å². The molecule has 1 heterocycles. The monoisotopic (exact) mass is 294 g/mol. The van der Waals surface area contributed by atoms with E-state index >= 15 is 0 Å². The molecule has 0 aliphatic carbocycles. The van der Waals surface area contributed by atoms with Crippen molar-refractivity contribution < 1.29 is 9.72 Å². The van der Waals surface area contributed by atoms with Crippen molar-refractivity contribution in [2.45, 2.75) is 6.92 Å². The Bertz CT molecular complexity index is 630. The molecule has 10 heteroatoms. The number of benzene rings is 1. The van der Waals surface area contributed by atoms with E-state index in [0.29, 0.717) is 12.2 Å². The lowest BCUT2D eigenvalue weighted by atomic mass is 10.1. The number of nitro groups is 1. The molecule has 20 heavy (non-hydrogen) atoms. The maximum atomic E-state index is 12.1. The summed E-state index contributed by atoms with van der Waals surface area (Å²) in [6, 6.07) is 4.04. The fourth-order valence-corrected chi connectivity index (χ4v) is 1.89. The predicted octanol–water partition coefficient (Wildman–Crippen LogP) is 1.53. The molecule has 2 aromatic rings. The van der Waals surface area contributed by atoms with E-state index in [-0.39, 0.29) is 16.4 Å². The summed E-state index contributed by atoms with van der Waals surface area (Å²) in [7, 11) is 0. The fraction of sp³-hybridized carbons (Fsp3) is 0.200. The van der Waals surface area contributed by atoms with Crippen molar-refractivity contribution >= 4 is 33.9 Å². The molecule has 104 valence electrons. The zero-order valence-corrected chi connectivity index (χ0v) is 11.2. The molecule has 1 aromatic heterocycles. The van der Waals surface area contributed by atoms with Crippen LogP contribution < -0.4 is 10.6 Å². The lowest BCUT2D eigenvalue weighted by Gasteiger charge is -2.09. The van der Waals surface area contributed by atoms with E-state index in [1.807, 2.05) is 6.92 Å². The highest BCUT2D eigenvalue weighted by molar-refractivity contribution is 7.09. The average molecular weight is 294 g/mol. The van der Waals surface area contributed by atoms with Gasteiger partial charge in [0.15, 0.2) is 0 Å². The van der Waals surface area contributed by atoms with Gasteiger partial charge in [-0.25, -0.2) is 0 Å². The van der Waals surface area contributed by atoms with Gasteiger partial charge in [0.05, 0.1) is 10.5 Å².